The molecule has 8 heteroatoms. The van der Waals surface area contributed by atoms with Crippen LogP contribution in [0.25, 0.3) is 0 Å². The lowest BCUT2D eigenvalue weighted by Crippen LogP contribution is -2.36. The van der Waals surface area contributed by atoms with Crippen LogP contribution in [0, 0.1) is 5.82 Å². The zero-order chi connectivity index (χ0) is 19.6. The van der Waals surface area contributed by atoms with Gasteiger partial charge in [-0.25, -0.2) is 12.8 Å². The molecule has 0 aromatic heterocycles. The van der Waals surface area contributed by atoms with E-state index in [0.717, 1.165) is 10.5 Å². The molecule has 0 saturated carbocycles. The maximum absolute atomic E-state index is 14.7. The fourth-order valence-corrected chi connectivity index (χ4v) is 4.85. The molecule has 0 bridgehead atoms. The van der Waals surface area contributed by atoms with Gasteiger partial charge < -0.3 is 4.90 Å². The minimum atomic E-state index is -3.70. The molecule has 0 aliphatic carbocycles. The van der Waals surface area contributed by atoms with E-state index in [2.05, 4.69) is 20.7 Å². The number of aryl methyl sites for hydroxylation is 1. The summed E-state index contributed by atoms with van der Waals surface area (Å²) in [5, 5.41) is 0. The number of fused-ring (bicyclic) bond motifs is 1. The van der Waals surface area contributed by atoms with E-state index < -0.39 is 15.8 Å². The number of anilines is 2. The molecule has 144 valence electrons. The topological polar surface area (TPSA) is 66.5 Å². The minimum Gasteiger partial charge on any atom is -0.309 e. The van der Waals surface area contributed by atoms with Gasteiger partial charge in [0, 0.05) is 23.5 Å². The molecule has 1 aliphatic rings. The Morgan fingerprint density at radius 3 is 2.70 bits per heavy atom. The highest BCUT2D eigenvalue weighted by Crippen LogP contribution is 2.34. The van der Waals surface area contributed by atoms with Crippen molar-refractivity contribution in [2.75, 3.05) is 16.2 Å². The maximum Gasteiger partial charge on any atom is 0.236 e. The summed E-state index contributed by atoms with van der Waals surface area (Å²) in [6.07, 6.45) is 1.40. The first-order valence-electron chi connectivity index (χ1n) is 8.67. The first kappa shape index (κ1) is 19.8. The molecule has 5 nitrogen and oxygen atoms in total. The van der Waals surface area contributed by atoms with E-state index >= 15 is 0 Å². The van der Waals surface area contributed by atoms with Gasteiger partial charge in [-0.2, -0.15) is 0 Å². The van der Waals surface area contributed by atoms with Crippen LogP contribution in [0.5, 0.6) is 0 Å². The fourth-order valence-electron chi connectivity index (χ4n) is 3.23. The van der Waals surface area contributed by atoms with Crippen LogP contribution in [-0.2, 0) is 27.0 Å². The van der Waals surface area contributed by atoms with Gasteiger partial charge in [-0.15, -0.1) is 0 Å². The third kappa shape index (κ3) is 4.68. The molecule has 0 unspecified atom stereocenters. The summed E-state index contributed by atoms with van der Waals surface area (Å²) in [6, 6.07) is 9.76. The Kier molecular flexibility index (Phi) is 5.86. The Bertz CT molecular complexity index is 979. The van der Waals surface area contributed by atoms with Gasteiger partial charge in [0.1, 0.15) is 5.82 Å². The number of rotatable bonds is 6. The third-order valence-electron chi connectivity index (χ3n) is 4.29. The first-order valence-corrected chi connectivity index (χ1v) is 11.1. The molecule has 0 spiro atoms. The number of sulfonamides is 1. The number of nitrogens with one attached hydrogen (secondary N) is 1. The Labute approximate surface area is 166 Å². The summed E-state index contributed by atoms with van der Waals surface area (Å²) in [7, 11) is -3.70. The van der Waals surface area contributed by atoms with Crippen molar-refractivity contribution in [2.24, 2.45) is 0 Å². The number of benzene rings is 2. The van der Waals surface area contributed by atoms with E-state index in [4.69, 9.17) is 0 Å². The molecule has 0 fully saturated rings. The molecule has 27 heavy (non-hydrogen) atoms. The van der Waals surface area contributed by atoms with Gasteiger partial charge in [0.25, 0.3) is 0 Å². The monoisotopic (exact) mass is 454 g/mol. The SMILES string of the molecule is CCCN1C(=O)CCc2cc(NS(=O)(=O)Cc3cccc(Br)c3)cc(F)c21. The molecule has 1 aliphatic heterocycles. The summed E-state index contributed by atoms with van der Waals surface area (Å²) in [4.78, 5) is 13.5. The van der Waals surface area contributed by atoms with Crippen molar-refractivity contribution in [3.05, 3.63) is 57.8 Å². The fraction of sp³-hybridized carbons (Fsp3) is 0.316. The minimum absolute atomic E-state index is 0.105. The van der Waals surface area contributed by atoms with Gasteiger partial charge in [0.2, 0.25) is 15.9 Å². The Hall–Kier alpha value is -1.93. The van der Waals surface area contributed by atoms with Crippen molar-refractivity contribution >= 4 is 43.2 Å². The second-order valence-electron chi connectivity index (χ2n) is 6.50. The number of carbonyl (C=O) groups excluding carboxylic acids is 1. The largest absolute Gasteiger partial charge is 0.309 e. The van der Waals surface area contributed by atoms with E-state index in [9.17, 15) is 17.6 Å². The zero-order valence-electron chi connectivity index (χ0n) is 14.8. The summed E-state index contributed by atoms with van der Waals surface area (Å²) < 4.78 is 42.9. The summed E-state index contributed by atoms with van der Waals surface area (Å²) in [5.74, 6) is -0.911. The van der Waals surface area contributed by atoms with Gasteiger partial charge in [-0.1, -0.05) is 35.0 Å². The van der Waals surface area contributed by atoms with E-state index in [0.29, 0.717) is 36.9 Å². The van der Waals surface area contributed by atoms with Gasteiger partial charge >= 0.3 is 0 Å². The molecule has 0 atom stereocenters. The molecule has 0 saturated heterocycles. The molecule has 3 rings (SSSR count). The average molecular weight is 455 g/mol. The highest BCUT2D eigenvalue weighted by molar-refractivity contribution is 9.10. The summed E-state index contributed by atoms with van der Waals surface area (Å²) in [6.45, 7) is 2.36. The molecule has 2 aromatic carbocycles. The summed E-state index contributed by atoms with van der Waals surface area (Å²) >= 11 is 3.31. The Morgan fingerprint density at radius 1 is 1.22 bits per heavy atom. The zero-order valence-corrected chi connectivity index (χ0v) is 17.2. The molecular formula is C19H20BrFN2O3S. The van der Waals surface area contributed by atoms with Gasteiger partial charge in [-0.3, -0.25) is 9.52 Å². The molecule has 2 aromatic rings. The van der Waals surface area contributed by atoms with E-state index in [1.165, 1.54) is 4.90 Å². The predicted molar refractivity (Wildman–Crippen MR) is 108 cm³/mol. The van der Waals surface area contributed by atoms with Crippen LogP contribution in [0.4, 0.5) is 15.8 Å². The molecular weight excluding hydrogens is 435 g/mol. The molecule has 0 radical (unpaired) electrons. The van der Waals surface area contributed by atoms with E-state index in [-0.39, 0.29) is 23.0 Å². The molecule has 1 amide bonds. The number of halogens is 2. The molecule has 1 heterocycles. The Balaban J connectivity index is 1.86. The van der Waals surface area contributed by atoms with Crippen LogP contribution in [0.1, 0.15) is 30.9 Å². The normalized spacial score (nSPS) is 14.2. The van der Waals surface area contributed by atoms with Crippen molar-refractivity contribution in [1.82, 2.24) is 0 Å². The van der Waals surface area contributed by atoms with Crippen LogP contribution < -0.4 is 9.62 Å². The average Bonchev–Trinajstić information content (AvgIpc) is 2.56. The second kappa shape index (κ2) is 7.98. The number of amides is 1. The number of hydrogen-bond donors (Lipinski definition) is 1. The van der Waals surface area contributed by atoms with Crippen molar-refractivity contribution in [3.8, 4) is 0 Å². The predicted octanol–water partition coefficient (Wildman–Crippen LogP) is 4.22. The van der Waals surface area contributed by atoms with Crippen LogP contribution in [0.2, 0.25) is 0 Å². The standard InChI is InChI=1S/C19H20BrFN2O3S/c1-2-8-23-18(24)7-6-14-10-16(11-17(21)19(14)23)22-27(25,26)12-13-4-3-5-15(20)9-13/h3-5,9-11,22H,2,6-8,12H2,1H3. The molecule has 1 N–H and O–H groups in total. The first-order chi connectivity index (χ1) is 12.8. The highest BCUT2D eigenvalue weighted by atomic mass is 79.9. The van der Waals surface area contributed by atoms with Crippen LogP contribution in [0.3, 0.4) is 0 Å². The van der Waals surface area contributed by atoms with Gasteiger partial charge in [0.05, 0.1) is 17.1 Å². The maximum atomic E-state index is 14.7. The van der Waals surface area contributed by atoms with Crippen LogP contribution >= 0.6 is 15.9 Å². The number of carbonyl (C=O) groups is 1. The highest BCUT2D eigenvalue weighted by Gasteiger charge is 2.27. The lowest BCUT2D eigenvalue weighted by atomic mass is 10.00. The van der Waals surface area contributed by atoms with Gasteiger partial charge in [0.15, 0.2) is 0 Å². The van der Waals surface area contributed by atoms with Crippen molar-refractivity contribution in [3.63, 3.8) is 0 Å². The lowest BCUT2D eigenvalue weighted by Gasteiger charge is -2.30. The van der Waals surface area contributed by atoms with Crippen LogP contribution in [-0.4, -0.2) is 20.9 Å². The van der Waals surface area contributed by atoms with E-state index in [1.807, 2.05) is 13.0 Å². The van der Waals surface area contributed by atoms with Gasteiger partial charge in [-0.05, 0) is 42.2 Å². The number of nitrogens with zero attached hydrogens (tertiary/aromatic N) is 1. The number of hydrogen-bond acceptors (Lipinski definition) is 3. The second-order valence-corrected chi connectivity index (χ2v) is 9.14. The third-order valence-corrected chi connectivity index (χ3v) is 6.04. The lowest BCUT2D eigenvalue weighted by molar-refractivity contribution is -0.118. The van der Waals surface area contributed by atoms with Crippen molar-refractivity contribution in [1.29, 1.82) is 0 Å². The van der Waals surface area contributed by atoms with E-state index in [1.54, 1.807) is 24.3 Å². The summed E-state index contributed by atoms with van der Waals surface area (Å²) in [5.41, 5.74) is 1.70. The smallest absolute Gasteiger partial charge is 0.236 e. The van der Waals surface area contributed by atoms with Crippen LogP contribution in [0.15, 0.2) is 40.9 Å². The Morgan fingerprint density at radius 2 is 2.00 bits per heavy atom. The quantitative estimate of drug-likeness (QED) is 0.710. The van der Waals surface area contributed by atoms with Crippen molar-refractivity contribution < 1.29 is 17.6 Å². The van der Waals surface area contributed by atoms with Crippen molar-refractivity contribution in [2.45, 2.75) is 31.9 Å².